The van der Waals surface area contributed by atoms with Gasteiger partial charge in [0, 0.05) is 0 Å². The third-order valence-corrected chi connectivity index (χ3v) is 10.2. The second kappa shape index (κ2) is 20.8. The average molecular weight is 824 g/mol. The first-order valence-corrected chi connectivity index (χ1v) is 17.8. The van der Waals surface area contributed by atoms with Crippen LogP contribution in [0, 0.1) is 0 Å². The van der Waals surface area contributed by atoms with E-state index in [2.05, 4.69) is 0 Å². The van der Waals surface area contributed by atoms with Crippen LogP contribution >= 0.6 is 0 Å². The van der Waals surface area contributed by atoms with Crippen molar-refractivity contribution in [3.05, 3.63) is 0 Å². The molecule has 0 aromatic rings. The molecule has 26 nitrogen and oxygen atoms in total. The Morgan fingerprint density at radius 1 is 0.536 bits per heavy atom. The lowest BCUT2D eigenvalue weighted by atomic mass is 9.94. The third-order valence-electron chi connectivity index (χ3n) is 10.2. The van der Waals surface area contributed by atoms with Crippen molar-refractivity contribution in [1.29, 1.82) is 0 Å². The quantitative estimate of drug-likeness (QED) is 0.0605. The van der Waals surface area contributed by atoms with Gasteiger partial charge in [0.1, 0.15) is 97.8 Å². The Morgan fingerprint density at radius 3 is 1.23 bits per heavy atom. The van der Waals surface area contributed by atoms with Gasteiger partial charge >= 0.3 is 0 Å². The molecule has 4 aliphatic rings. The fraction of sp³-hybridized carbons (Fsp3) is 0.967. The Balaban J connectivity index is 1.43. The van der Waals surface area contributed by atoms with Crippen LogP contribution in [-0.2, 0) is 42.7 Å². The molecule has 56 heavy (non-hydrogen) atoms. The molecule has 22 N–H and O–H groups in total. The molecule has 0 aliphatic carbocycles. The maximum absolute atomic E-state index is 11.3. The van der Waals surface area contributed by atoms with Crippen molar-refractivity contribution in [2.24, 2.45) is 28.7 Å². The number of carbonyl (C=O) groups is 1. The normalized spacial score (nSPS) is 47.2. The third kappa shape index (κ3) is 9.99. The fourth-order valence-electron chi connectivity index (χ4n) is 6.78. The van der Waals surface area contributed by atoms with E-state index < -0.39 is 180 Å². The molecule has 4 rings (SSSR count). The van der Waals surface area contributed by atoms with Gasteiger partial charge in [-0.05, 0) is 0 Å². The molecule has 328 valence electrons. The highest BCUT2D eigenvalue weighted by molar-refractivity contribution is 5.58. The van der Waals surface area contributed by atoms with Gasteiger partial charge in [-0.15, -0.1) is 0 Å². The molecule has 0 aromatic heterocycles. The van der Waals surface area contributed by atoms with E-state index in [1.54, 1.807) is 0 Å². The van der Waals surface area contributed by atoms with Gasteiger partial charge in [-0.1, -0.05) is 0 Å². The summed E-state index contributed by atoms with van der Waals surface area (Å²) in [6.07, 6.45) is -30.4. The highest BCUT2D eigenvalue weighted by Gasteiger charge is 2.54. The van der Waals surface area contributed by atoms with Crippen LogP contribution in [0.25, 0.3) is 0 Å². The van der Waals surface area contributed by atoms with Crippen molar-refractivity contribution in [2.45, 2.75) is 147 Å². The highest BCUT2D eigenvalue weighted by atomic mass is 16.8. The molecule has 0 saturated carbocycles. The Morgan fingerprint density at radius 2 is 0.875 bits per heavy atom. The number of nitrogens with two attached hydrogens (primary N) is 5. The molecule has 24 unspecified atom stereocenters. The lowest BCUT2D eigenvalue weighted by Gasteiger charge is -2.50. The molecule has 4 heterocycles. The zero-order valence-electron chi connectivity index (χ0n) is 29.9. The summed E-state index contributed by atoms with van der Waals surface area (Å²) in [6, 6.07) is -7.52. The minimum Gasteiger partial charge on any atom is -0.394 e. The molecule has 0 radical (unpaired) electrons. The zero-order chi connectivity index (χ0) is 41.8. The molecule has 0 amide bonds. The fourth-order valence-corrected chi connectivity index (χ4v) is 6.78. The highest BCUT2D eigenvalue weighted by Crippen LogP contribution is 2.33. The minimum absolute atomic E-state index is 0.163. The van der Waals surface area contributed by atoms with Crippen LogP contribution in [0.15, 0.2) is 0 Å². The SMILES string of the molecule is NC(C=O)C(O)C(OC1OC(CO)C(OC2OC(CO)C(OC3OC(CO)C(OC4OC(CO)C(O)C(O)C4N)C(O)C3N)C(O)C2N)C(O)C1N)C(O)CO. The summed E-state index contributed by atoms with van der Waals surface area (Å²) in [6.45, 7) is -4.20. The van der Waals surface area contributed by atoms with Gasteiger partial charge in [-0.2, -0.15) is 0 Å². The molecule has 4 saturated heterocycles. The summed E-state index contributed by atoms with van der Waals surface area (Å²) in [7, 11) is 0. The second-order valence-corrected chi connectivity index (χ2v) is 14.0. The number of aliphatic hydroxyl groups excluding tert-OH is 12. The van der Waals surface area contributed by atoms with E-state index in [1.807, 2.05) is 0 Å². The van der Waals surface area contributed by atoms with E-state index in [0.717, 1.165) is 0 Å². The number of aldehydes is 1. The molecule has 4 fully saturated rings. The van der Waals surface area contributed by atoms with E-state index in [1.165, 1.54) is 0 Å². The number of aliphatic hydroxyl groups is 12. The standard InChI is InChI=1S/C30H57N5O21/c31-7(1-36)17(43)23(8(42)2-37)53-28-14(33)20(46)25(10(4-39)50-28)55-30-16(35)22(48)26(12(6-41)52-30)56-29-15(34)21(47)24(11(5-40)51-29)54-27-13(32)19(45)18(44)9(3-38)49-27/h1,7-30,37-48H,2-6,31-35H2. The predicted octanol–water partition coefficient (Wildman–Crippen LogP) is -12.3. The van der Waals surface area contributed by atoms with Gasteiger partial charge in [0.15, 0.2) is 25.2 Å². The molecule has 24 atom stereocenters. The van der Waals surface area contributed by atoms with Crippen LogP contribution in [0.2, 0.25) is 0 Å². The van der Waals surface area contributed by atoms with Crippen molar-refractivity contribution < 1.29 is 104 Å². The van der Waals surface area contributed by atoms with Gasteiger partial charge in [0.05, 0.1) is 63.2 Å². The first-order valence-electron chi connectivity index (χ1n) is 17.8. The molecule has 0 aromatic carbocycles. The molecule has 0 bridgehead atoms. The second-order valence-electron chi connectivity index (χ2n) is 14.0. The summed E-state index contributed by atoms with van der Waals surface area (Å²) < 4.78 is 45.5. The van der Waals surface area contributed by atoms with E-state index in [4.69, 9.17) is 66.6 Å². The van der Waals surface area contributed by atoms with Crippen LogP contribution in [0.1, 0.15) is 0 Å². The first kappa shape index (κ1) is 47.3. The van der Waals surface area contributed by atoms with Gasteiger partial charge in [-0.3, -0.25) is 0 Å². The van der Waals surface area contributed by atoms with Crippen molar-refractivity contribution in [1.82, 2.24) is 0 Å². The minimum atomic E-state index is -1.87. The number of carbonyl (C=O) groups excluding carboxylic acids is 1. The zero-order valence-corrected chi connectivity index (χ0v) is 29.9. The van der Waals surface area contributed by atoms with Crippen molar-refractivity contribution in [2.75, 3.05) is 33.0 Å². The van der Waals surface area contributed by atoms with E-state index >= 15 is 0 Å². The summed E-state index contributed by atoms with van der Waals surface area (Å²) in [5.74, 6) is 0. The molecular formula is C30H57N5O21. The molecular weight excluding hydrogens is 766 g/mol. The summed E-state index contributed by atoms with van der Waals surface area (Å²) >= 11 is 0. The Hall–Kier alpha value is -1.33. The van der Waals surface area contributed by atoms with Crippen molar-refractivity contribution in [3.8, 4) is 0 Å². The summed E-state index contributed by atoms with van der Waals surface area (Å²) in [4.78, 5) is 11.1. The monoisotopic (exact) mass is 823 g/mol. The van der Waals surface area contributed by atoms with Gasteiger partial charge in [0.25, 0.3) is 0 Å². The van der Waals surface area contributed by atoms with E-state index in [-0.39, 0.29) is 6.29 Å². The van der Waals surface area contributed by atoms with E-state index in [9.17, 15) is 66.1 Å². The Bertz CT molecular complexity index is 1200. The van der Waals surface area contributed by atoms with Crippen molar-refractivity contribution in [3.63, 3.8) is 0 Å². The van der Waals surface area contributed by atoms with Gasteiger partial charge in [0.2, 0.25) is 0 Å². The molecule has 4 aliphatic heterocycles. The Labute approximate surface area is 319 Å². The van der Waals surface area contributed by atoms with Gasteiger partial charge < -0.3 is 133 Å². The van der Waals surface area contributed by atoms with Crippen LogP contribution in [0.4, 0.5) is 0 Å². The van der Waals surface area contributed by atoms with Crippen LogP contribution in [0.3, 0.4) is 0 Å². The lowest BCUT2D eigenvalue weighted by Crippen LogP contribution is -2.70. The number of hydrogen-bond donors (Lipinski definition) is 17. The first-order chi connectivity index (χ1) is 26.5. The number of hydrogen-bond acceptors (Lipinski definition) is 26. The number of ether oxygens (including phenoxy) is 8. The average Bonchev–Trinajstić information content (AvgIpc) is 3.20. The van der Waals surface area contributed by atoms with Gasteiger partial charge in [-0.25, -0.2) is 0 Å². The van der Waals surface area contributed by atoms with Crippen molar-refractivity contribution >= 4 is 6.29 Å². The smallest absolute Gasteiger partial charge is 0.176 e. The summed E-state index contributed by atoms with van der Waals surface area (Å²) in [5, 5.41) is 124. The summed E-state index contributed by atoms with van der Waals surface area (Å²) in [5.41, 5.74) is 30.1. The van der Waals surface area contributed by atoms with Crippen LogP contribution in [-0.4, -0.2) is 248 Å². The molecule has 0 spiro atoms. The largest absolute Gasteiger partial charge is 0.394 e. The lowest BCUT2D eigenvalue weighted by molar-refractivity contribution is -0.361. The van der Waals surface area contributed by atoms with E-state index in [0.29, 0.717) is 0 Å². The number of rotatable bonds is 17. The predicted molar refractivity (Wildman–Crippen MR) is 178 cm³/mol. The molecule has 26 heteroatoms. The maximum atomic E-state index is 11.3. The van der Waals surface area contributed by atoms with Crippen LogP contribution in [0.5, 0.6) is 0 Å². The topological polar surface area (TPSA) is 464 Å². The van der Waals surface area contributed by atoms with Crippen LogP contribution < -0.4 is 28.7 Å². The Kier molecular flexibility index (Phi) is 17.6. The maximum Gasteiger partial charge on any atom is 0.176 e.